The first kappa shape index (κ1) is 28.7. The Bertz CT molecular complexity index is 1050. The van der Waals surface area contributed by atoms with E-state index in [2.05, 4.69) is 0 Å². The van der Waals surface area contributed by atoms with Crippen molar-refractivity contribution in [1.82, 2.24) is 0 Å². The topological polar surface area (TPSA) is 127 Å². The van der Waals surface area contributed by atoms with Crippen LogP contribution in [0.15, 0.2) is 60.7 Å². The van der Waals surface area contributed by atoms with Crippen LogP contribution in [0.4, 0.5) is 0 Å². The zero-order valence-corrected chi connectivity index (χ0v) is 22.1. The molecule has 2 aromatic carbocycles. The molecule has 0 heterocycles. The first-order chi connectivity index (χ1) is 17.1. The van der Waals surface area contributed by atoms with E-state index < -0.39 is 25.7 Å². The standard InChI is InChI=1S/C20H24O6S2.C6H12O2/c21-27(22,14-18-8-3-1-4-9-18)25-16-20(12-7-13-20)17-26-28(23,24)15-19-10-5-2-6-11-19;7-4-6(5-8)2-1-3-6/h1-6,8-11H,7,12-17H2;7-8H,1-5H2. The zero-order chi connectivity index (χ0) is 26.1. The number of benzene rings is 2. The summed E-state index contributed by atoms with van der Waals surface area (Å²) in [6.07, 6.45) is 5.41. The van der Waals surface area contributed by atoms with Crippen LogP contribution < -0.4 is 0 Å². The van der Waals surface area contributed by atoms with Crippen LogP contribution in [-0.2, 0) is 40.1 Å². The number of aliphatic hydroxyl groups excluding tert-OH is 2. The molecule has 2 aliphatic carbocycles. The largest absolute Gasteiger partial charge is 0.396 e. The first-order valence-electron chi connectivity index (χ1n) is 12.1. The van der Waals surface area contributed by atoms with Gasteiger partial charge in [0.1, 0.15) is 11.5 Å². The molecule has 2 fully saturated rings. The first-order valence-corrected chi connectivity index (χ1v) is 15.3. The van der Waals surface area contributed by atoms with Gasteiger partial charge in [0.05, 0.1) is 26.4 Å². The Morgan fingerprint density at radius 3 is 1.22 bits per heavy atom. The van der Waals surface area contributed by atoms with Crippen molar-refractivity contribution >= 4 is 20.2 Å². The summed E-state index contributed by atoms with van der Waals surface area (Å²) in [6.45, 7) is 0.180. The molecule has 0 amide bonds. The Balaban J connectivity index is 0.000000383. The van der Waals surface area contributed by atoms with E-state index in [9.17, 15) is 16.8 Å². The van der Waals surface area contributed by atoms with Gasteiger partial charge in [0.2, 0.25) is 0 Å². The highest BCUT2D eigenvalue weighted by Crippen LogP contribution is 2.42. The summed E-state index contributed by atoms with van der Waals surface area (Å²) in [5.41, 5.74) is 0.631. The third-order valence-electron chi connectivity index (χ3n) is 6.96. The quantitative estimate of drug-likeness (QED) is 0.392. The Morgan fingerprint density at radius 1 is 0.611 bits per heavy atom. The van der Waals surface area contributed by atoms with Crippen molar-refractivity contribution in [3.63, 3.8) is 0 Å². The molecule has 0 saturated heterocycles. The molecule has 0 radical (unpaired) electrons. The van der Waals surface area contributed by atoms with Gasteiger partial charge < -0.3 is 10.2 Å². The van der Waals surface area contributed by atoms with Crippen molar-refractivity contribution in [3.8, 4) is 0 Å². The third kappa shape index (κ3) is 8.64. The summed E-state index contributed by atoms with van der Waals surface area (Å²) in [7, 11) is -7.50. The van der Waals surface area contributed by atoms with Crippen molar-refractivity contribution < 1.29 is 35.4 Å². The molecule has 4 rings (SSSR count). The maximum atomic E-state index is 12.2. The minimum Gasteiger partial charge on any atom is -0.396 e. The predicted molar refractivity (Wildman–Crippen MR) is 137 cm³/mol. The van der Waals surface area contributed by atoms with Gasteiger partial charge in [-0.3, -0.25) is 8.37 Å². The molecule has 0 aromatic heterocycles. The van der Waals surface area contributed by atoms with Crippen LogP contribution >= 0.6 is 0 Å². The monoisotopic (exact) mass is 540 g/mol. The number of aliphatic hydroxyl groups is 2. The fourth-order valence-corrected chi connectivity index (χ4v) is 6.35. The van der Waals surface area contributed by atoms with Gasteiger partial charge in [-0.05, 0) is 36.8 Å². The van der Waals surface area contributed by atoms with Crippen LogP contribution in [0, 0.1) is 10.8 Å². The van der Waals surface area contributed by atoms with Crippen molar-refractivity contribution in [1.29, 1.82) is 0 Å². The van der Waals surface area contributed by atoms with Crippen LogP contribution in [0.25, 0.3) is 0 Å². The summed E-state index contributed by atoms with van der Waals surface area (Å²) in [5, 5.41) is 17.4. The van der Waals surface area contributed by atoms with E-state index in [0.29, 0.717) is 24.0 Å². The van der Waals surface area contributed by atoms with Gasteiger partial charge in [0.25, 0.3) is 20.2 Å². The van der Waals surface area contributed by atoms with Crippen molar-refractivity contribution in [2.24, 2.45) is 10.8 Å². The van der Waals surface area contributed by atoms with E-state index in [1.165, 1.54) is 6.42 Å². The highest BCUT2D eigenvalue weighted by molar-refractivity contribution is 7.86. The summed E-state index contributed by atoms with van der Waals surface area (Å²) in [5.74, 6) is -0.422. The normalized spacial score (nSPS) is 18.3. The molecule has 10 heteroatoms. The Kier molecular flexibility index (Phi) is 10.1. The smallest absolute Gasteiger partial charge is 0.271 e. The van der Waals surface area contributed by atoms with Gasteiger partial charge in [0, 0.05) is 10.8 Å². The average Bonchev–Trinajstić information content (AvgIpc) is 2.79. The Hall–Kier alpha value is -1.82. The van der Waals surface area contributed by atoms with E-state index >= 15 is 0 Å². The minimum atomic E-state index is -3.75. The van der Waals surface area contributed by atoms with E-state index in [1.807, 2.05) is 12.1 Å². The van der Waals surface area contributed by atoms with E-state index in [4.69, 9.17) is 18.6 Å². The maximum Gasteiger partial charge on any atom is 0.271 e. The molecule has 2 saturated carbocycles. The molecule has 2 aliphatic rings. The molecular formula is C26H36O8S2. The summed E-state index contributed by atoms with van der Waals surface area (Å²) in [6, 6.07) is 17.6. The minimum absolute atomic E-state index is 0.0664. The van der Waals surface area contributed by atoms with Gasteiger partial charge in [-0.1, -0.05) is 73.5 Å². The van der Waals surface area contributed by atoms with Gasteiger partial charge in [-0.25, -0.2) is 0 Å². The molecule has 2 N–H and O–H groups in total. The lowest BCUT2D eigenvalue weighted by Gasteiger charge is -2.40. The zero-order valence-electron chi connectivity index (χ0n) is 20.4. The predicted octanol–water partition coefficient (Wildman–Crippen LogP) is 3.39. The van der Waals surface area contributed by atoms with Gasteiger partial charge in [0.15, 0.2) is 0 Å². The van der Waals surface area contributed by atoms with Crippen LogP contribution in [0.3, 0.4) is 0 Å². The molecular weight excluding hydrogens is 504 g/mol. The van der Waals surface area contributed by atoms with Crippen LogP contribution in [0.5, 0.6) is 0 Å². The third-order valence-corrected chi connectivity index (χ3v) is 9.29. The van der Waals surface area contributed by atoms with Crippen molar-refractivity contribution in [2.45, 2.75) is 50.0 Å². The van der Waals surface area contributed by atoms with Crippen LogP contribution in [-0.4, -0.2) is 53.5 Å². The van der Waals surface area contributed by atoms with E-state index in [0.717, 1.165) is 19.3 Å². The maximum absolute atomic E-state index is 12.2. The fraction of sp³-hybridized carbons (Fsp3) is 0.538. The molecule has 2 aromatic rings. The molecule has 0 aliphatic heterocycles. The number of hydrogen-bond acceptors (Lipinski definition) is 8. The fourth-order valence-electron chi connectivity index (χ4n) is 4.12. The summed E-state index contributed by atoms with van der Waals surface area (Å²) < 4.78 is 59.4. The van der Waals surface area contributed by atoms with Gasteiger partial charge in [-0.2, -0.15) is 16.8 Å². The van der Waals surface area contributed by atoms with Gasteiger partial charge in [-0.15, -0.1) is 0 Å². The molecule has 0 bridgehead atoms. The molecule has 200 valence electrons. The SMILES string of the molecule is O=S(=O)(Cc1ccccc1)OCC1(COS(=O)(=O)Cc2ccccc2)CCC1.OCC1(CO)CCC1. The lowest BCUT2D eigenvalue weighted by atomic mass is 9.70. The van der Waals surface area contributed by atoms with Crippen molar-refractivity contribution in [2.75, 3.05) is 26.4 Å². The molecule has 0 spiro atoms. The molecule has 8 nitrogen and oxygen atoms in total. The second-order valence-corrected chi connectivity index (χ2v) is 13.2. The second-order valence-electron chi connectivity index (χ2n) is 9.92. The summed E-state index contributed by atoms with van der Waals surface area (Å²) in [4.78, 5) is 0. The number of hydrogen-bond donors (Lipinski definition) is 2. The highest BCUT2D eigenvalue weighted by atomic mass is 32.2. The van der Waals surface area contributed by atoms with Gasteiger partial charge >= 0.3 is 0 Å². The van der Waals surface area contributed by atoms with E-state index in [1.54, 1.807) is 48.5 Å². The van der Waals surface area contributed by atoms with E-state index in [-0.39, 0.29) is 43.3 Å². The van der Waals surface area contributed by atoms with Crippen LogP contribution in [0.2, 0.25) is 0 Å². The Labute approximate surface area is 214 Å². The number of rotatable bonds is 12. The second kappa shape index (κ2) is 12.6. The molecule has 0 unspecified atom stereocenters. The lowest BCUT2D eigenvalue weighted by molar-refractivity contribution is -0.00908. The van der Waals surface area contributed by atoms with Crippen molar-refractivity contribution in [3.05, 3.63) is 71.8 Å². The summed E-state index contributed by atoms with van der Waals surface area (Å²) >= 11 is 0. The Morgan fingerprint density at radius 2 is 0.972 bits per heavy atom. The highest BCUT2D eigenvalue weighted by Gasteiger charge is 2.40. The molecule has 36 heavy (non-hydrogen) atoms. The average molecular weight is 541 g/mol. The lowest BCUT2D eigenvalue weighted by Crippen LogP contribution is -2.40. The molecule has 0 atom stereocenters. The van der Waals surface area contributed by atoms with Crippen LogP contribution in [0.1, 0.15) is 49.7 Å².